The molecule has 3 heteroatoms. The fraction of sp³-hybridized carbons (Fsp3) is 0.333. The zero-order valence-corrected chi connectivity index (χ0v) is 9.09. The van der Waals surface area contributed by atoms with Gasteiger partial charge in [0.15, 0.2) is 0 Å². The smallest absolute Gasteiger partial charge is 0.100 e. The first-order valence-corrected chi connectivity index (χ1v) is 4.89. The second-order valence-corrected chi connectivity index (χ2v) is 3.77. The van der Waals surface area contributed by atoms with Crippen molar-refractivity contribution in [1.29, 1.82) is 0 Å². The van der Waals surface area contributed by atoms with E-state index < -0.39 is 0 Å². The molecule has 0 heterocycles. The lowest BCUT2D eigenvalue weighted by Crippen LogP contribution is -2.23. The van der Waals surface area contributed by atoms with Crippen molar-refractivity contribution in [3.05, 3.63) is 48.1 Å². The van der Waals surface area contributed by atoms with Crippen molar-refractivity contribution >= 4 is 0 Å². The van der Waals surface area contributed by atoms with Gasteiger partial charge in [0.25, 0.3) is 0 Å². The normalized spacial score (nSPS) is 15.3. The summed E-state index contributed by atoms with van der Waals surface area (Å²) in [6.07, 6.45) is 4.60. The zero-order valence-electron chi connectivity index (χ0n) is 9.09. The Kier molecular flexibility index (Phi) is 3.72. The van der Waals surface area contributed by atoms with Crippen molar-refractivity contribution in [3.63, 3.8) is 0 Å². The lowest BCUT2D eigenvalue weighted by atomic mass is 10.0. The van der Waals surface area contributed by atoms with Crippen molar-refractivity contribution in [2.24, 2.45) is 5.73 Å². The number of likely N-dealkylation sites (N-methyl/N-ethyl adjacent to an activating group) is 1. The molecule has 0 spiro atoms. The van der Waals surface area contributed by atoms with E-state index in [0.29, 0.717) is 17.8 Å². The Hall–Kier alpha value is -1.51. The summed E-state index contributed by atoms with van der Waals surface area (Å²) in [5.41, 5.74) is 7.90. The maximum absolute atomic E-state index is 12.7. The third-order valence-corrected chi connectivity index (χ3v) is 2.46. The molecule has 0 bridgehead atoms. The molecule has 0 saturated carbocycles. The highest BCUT2D eigenvalue weighted by Crippen LogP contribution is 2.20. The molecule has 0 saturated heterocycles. The van der Waals surface area contributed by atoms with E-state index in [0.717, 1.165) is 13.0 Å². The zero-order chi connectivity index (χ0) is 11.4. The first-order valence-electron chi connectivity index (χ1n) is 4.89. The minimum absolute atomic E-state index is 0.0523. The molecule has 1 aliphatic rings. The molecule has 82 valence electrons. The van der Waals surface area contributed by atoms with E-state index in [-0.39, 0.29) is 5.83 Å². The summed E-state index contributed by atoms with van der Waals surface area (Å²) in [7, 11) is 1.90. The van der Waals surface area contributed by atoms with E-state index in [9.17, 15) is 4.39 Å². The van der Waals surface area contributed by atoms with Crippen LogP contribution in [0.1, 0.15) is 12.8 Å². The van der Waals surface area contributed by atoms with E-state index in [4.69, 9.17) is 5.73 Å². The van der Waals surface area contributed by atoms with Gasteiger partial charge >= 0.3 is 0 Å². The minimum atomic E-state index is -0.0523. The summed E-state index contributed by atoms with van der Waals surface area (Å²) < 4.78 is 12.7. The summed E-state index contributed by atoms with van der Waals surface area (Å²) in [5.74, 6) is -0.0523. The standard InChI is InChI=1S/C12H17FN2/c1-9(14)10(2)15(3)8-11-4-6-12(13)7-5-11/h4,6H,1-2,5,7-8,14H2,3H3. The Bertz CT molecular complexity index is 340. The molecule has 0 unspecified atom stereocenters. The summed E-state index contributed by atoms with van der Waals surface area (Å²) in [6, 6.07) is 0. The van der Waals surface area contributed by atoms with Crippen molar-refractivity contribution in [2.75, 3.05) is 13.6 Å². The van der Waals surface area contributed by atoms with Crippen molar-refractivity contribution < 1.29 is 4.39 Å². The average Bonchev–Trinajstić information content (AvgIpc) is 2.20. The Morgan fingerprint density at radius 2 is 2.13 bits per heavy atom. The van der Waals surface area contributed by atoms with Crippen LogP contribution in [-0.4, -0.2) is 18.5 Å². The molecule has 0 aliphatic heterocycles. The van der Waals surface area contributed by atoms with Gasteiger partial charge in [0, 0.05) is 25.7 Å². The fourth-order valence-electron chi connectivity index (χ4n) is 1.43. The van der Waals surface area contributed by atoms with Crippen LogP contribution in [0.25, 0.3) is 0 Å². The summed E-state index contributed by atoms with van der Waals surface area (Å²) in [6.45, 7) is 8.17. The monoisotopic (exact) mass is 208 g/mol. The maximum atomic E-state index is 12.7. The number of hydrogen-bond donors (Lipinski definition) is 1. The molecule has 1 rings (SSSR count). The van der Waals surface area contributed by atoms with Gasteiger partial charge in [-0.1, -0.05) is 24.8 Å². The number of nitrogens with two attached hydrogens (primary N) is 1. The van der Waals surface area contributed by atoms with E-state index in [1.165, 1.54) is 11.6 Å². The molecule has 1 aliphatic carbocycles. The van der Waals surface area contributed by atoms with E-state index in [2.05, 4.69) is 13.2 Å². The van der Waals surface area contributed by atoms with Crippen LogP contribution in [0, 0.1) is 0 Å². The molecule has 2 nitrogen and oxygen atoms in total. The number of allylic oxidation sites excluding steroid dienone is 3. The van der Waals surface area contributed by atoms with Gasteiger partial charge in [-0.05, 0) is 12.5 Å². The van der Waals surface area contributed by atoms with Crippen LogP contribution in [0.4, 0.5) is 4.39 Å². The van der Waals surface area contributed by atoms with Crippen LogP contribution in [0.5, 0.6) is 0 Å². The quantitative estimate of drug-likeness (QED) is 0.719. The number of hydrogen-bond acceptors (Lipinski definition) is 2. The average molecular weight is 208 g/mol. The van der Waals surface area contributed by atoms with Crippen molar-refractivity contribution in [1.82, 2.24) is 4.90 Å². The second-order valence-electron chi connectivity index (χ2n) is 3.77. The third-order valence-electron chi connectivity index (χ3n) is 2.46. The Labute approximate surface area is 90.3 Å². The highest BCUT2D eigenvalue weighted by molar-refractivity contribution is 5.25. The highest BCUT2D eigenvalue weighted by atomic mass is 19.1. The van der Waals surface area contributed by atoms with Crippen molar-refractivity contribution in [2.45, 2.75) is 12.8 Å². The Balaban J connectivity index is 2.56. The van der Waals surface area contributed by atoms with Gasteiger partial charge in [-0.25, -0.2) is 4.39 Å². The molecule has 0 fully saturated rings. The minimum Gasteiger partial charge on any atom is -0.398 e. The van der Waals surface area contributed by atoms with E-state index in [1.807, 2.05) is 18.0 Å². The van der Waals surface area contributed by atoms with Crippen LogP contribution in [0.3, 0.4) is 0 Å². The first-order chi connectivity index (χ1) is 7.00. The Morgan fingerprint density at radius 3 is 2.60 bits per heavy atom. The van der Waals surface area contributed by atoms with Crippen molar-refractivity contribution in [3.8, 4) is 0 Å². The van der Waals surface area contributed by atoms with Gasteiger partial charge in [0.1, 0.15) is 5.83 Å². The van der Waals surface area contributed by atoms with Crippen LogP contribution < -0.4 is 5.73 Å². The van der Waals surface area contributed by atoms with Crippen LogP contribution in [0.2, 0.25) is 0 Å². The molecule has 0 atom stereocenters. The number of rotatable bonds is 4. The predicted octanol–water partition coefficient (Wildman–Crippen LogP) is 2.48. The molecule has 0 aromatic carbocycles. The number of nitrogens with zero attached hydrogens (tertiary/aromatic N) is 1. The van der Waals surface area contributed by atoms with Crippen LogP contribution in [0.15, 0.2) is 48.1 Å². The fourth-order valence-corrected chi connectivity index (χ4v) is 1.43. The largest absolute Gasteiger partial charge is 0.398 e. The van der Waals surface area contributed by atoms with Gasteiger partial charge in [-0.3, -0.25) is 0 Å². The first kappa shape index (κ1) is 11.6. The van der Waals surface area contributed by atoms with Gasteiger partial charge in [-0.2, -0.15) is 0 Å². The SMILES string of the molecule is C=C(N)C(=C)N(C)CC1=CC=C(F)CC1. The van der Waals surface area contributed by atoms with Gasteiger partial charge in [0.05, 0.1) is 5.70 Å². The molecular formula is C12H17FN2. The Morgan fingerprint density at radius 1 is 1.47 bits per heavy atom. The predicted molar refractivity (Wildman–Crippen MR) is 61.6 cm³/mol. The molecule has 0 amide bonds. The lowest BCUT2D eigenvalue weighted by molar-refractivity contribution is 0.451. The van der Waals surface area contributed by atoms with Crippen LogP contribution >= 0.6 is 0 Å². The maximum Gasteiger partial charge on any atom is 0.100 e. The molecule has 15 heavy (non-hydrogen) atoms. The van der Waals surface area contributed by atoms with Gasteiger partial charge < -0.3 is 10.6 Å². The molecular weight excluding hydrogens is 191 g/mol. The molecule has 2 N–H and O–H groups in total. The lowest BCUT2D eigenvalue weighted by Gasteiger charge is -2.23. The third kappa shape index (κ3) is 3.27. The van der Waals surface area contributed by atoms with Gasteiger partial charge in [0.2, 0.25) is 0 Å². The van der Waals surface area contributed by atoms with Crippen LogP contribution in [-0.2, 0) is 0 Å². The topological polar surface area (TPSA) is 29.3 Å². The molecule has 0 aromatic rings. The van der Waals surface area contributed by atoms with E-state index >= 15 is 0 Å². The van der Waals surface area contributed by atoms with E-state index in [1.54, 1.807) is 0 Å². The summed E-state index contributed by atoms with van der Waals surface area (Å²) in [4.78, 5) is 1.92. The number of halogens is 1. The van der Waals surface area contributed by atoms with Gasteiger partial charge in [-0.15, -0.1) is 0 Å². The summed E-state index contributed by atoms with van der Waals surface area (Å²) >= 11 is 0. The highest BCUT2D eigenvalue weighted by Gasteiger charge is 2.09. The summed E-state index contributed by atoms with van der Waals surface area (Å²) in [5, 5.41) is 0. The molecule has 0 radical (unpaired) electrons. The molecule has 0 aromatic heterocycles. The second kappa shape index (κ2) is 4.82.